The molecule has 1 aromatic heterocycles. The predicted octanol–water partition coefficient (Wildman–Crippen LogP) is 2.85. The molecule has 0 saturated carbocycles. The van der Waals surface area contributed by atoms with Crippen molar-refractivity contribution in [3.63, 3.8) is 0 Å². The van der Waals surface area contributed by atoms with E-state index in [1.807, 2.05) is 18.2 Å². The lowest BCUT2D eigenvalue weighted by Gasteiger charge is -2.00. The van der Waals surface area contributed by atoms with Crippen LogP contribution >= 0.6 is 0 Å². The van der Waals surface area contributed by atoms with Crippen LogP contribution < -0.4 is 4.74 Å². The van der Waals surface area contributed by atoms with Crippen molar-refractivity contribution in [1.82, 2.24) is 0 Å². The van der Waals surface area contributed by atoms with Crippen LogP contribution in [-0.4, -0.2) is 18.2 Å². The molecular formula is C13H14O4. The normalized spacial score (nSPS) is 10.6. The fourth-order valence-corrected chi connectivity index (χ4v) is 1.81. The summed E-state index contributed by atoms with van der Waals surface area (Å²) in [5, 5.41) is 9.59. The van der Waals surface area contributed by atoms with Crippen molar-refractivity contribution in [2.75, 3.05) is 7.11 Å². The Morgan fingerprint density at radius 3 is 3.00 bits per heavy atom. The summed E-state index contributed by atoms with van der Waals surface area (Å²) in [5.74, 6) is 0.00812. The first-order chi connectivity index (χ1) is 8.20. The van der Waals surface area contributed by atoms with E-state index in [1.54, 1.807) is 13.4 Å². The Morgan fingerprint density at radius 1 is 1.47 bits per heavy atom. The van der Waals surface area contributed by atoms with Crippen molar-refractivity contribution >= 4 is 16.9 Å². The van der Waals surface area contributed by atoms with Gasteiger partial charge in [-0.25, -0.2) is 0 Å². The number of hydrogen-bond acceptors (Lipinski definition) is 3. The molecule has 0 spiro atoms. The molecule has 0 bridgehead atoms. The zero-order valence-electron chi connectivity index (χ0n) is 9.60. The van der Waals surface area contributed by atoms with Crippen LogP contribution in [-0.2, 0) is 11.2 Å². The number of furan rings is 1. The second kappa shape index (κ2) is 4.91. The summed E-state index contributed by atoms with van der Waals surface area (Å²) in [6.07, 6.45) is 3.18. The molecule has 17 heavy (non-hydrogen) atoms. The van der Waals surface area contributed by atoms with E-state index in [0.29, 0.717) is 12.8 Å². The highest BCUT2D eigenvalue weighted by Crippen LogP contribution is 2.26. The molecule has 2 aromatic rings. The zero-order chi connectivity index (χ0) is 12.3. The standard InChI is InChI=1S/C13H14O4/c1-16-10-5-6-12-11(7-10)9(8-17-12)3-2-4-13(14)15/h5-8H,2-4H2,1H3,(H,14,15). The predicted molar refractivity (Wildman–Crippen MR) is 63.3 cm³/mol. The Morgan fingerprint density at radius 2 is 2.29 bits per heavy atom. The summed E-state index contributed by atoms with van der Waals surface area (Å²) in [4.78, 5) is 10.4. The average molecular weight is 234 g/mol. The fourth-order valence-electron chi connectivity index (χ4n) is 1.81. The molecule has 90 valence electrons. The Balaban J connectivity index is 2.19. The Kier molecular flexibility index (Phi) is 3.32. The smallest absolute Gasteiger partial charge is 0.303 e. The van der Waals surface area contributed by atoms with Crippen LogP contribution in [0.2, 0.25) is 0 Å². The van der Waals surface area contributed by atoms with E-state index < -0.39 is 5.97 Å². The number of hydrogen-bond donors (Lipinski definition) is 1. The molecule has 0 radical (unpaired) electrons. The maximum Gasteiger partial charge on any atom is 0.303 e. The number of methoxy groups -OCH3 is 1. The number of fused-ring (bicyclic) bond motifs is 1. The number of carboxylic acids is 1. The molecule has 0 saturated heterocycles. The zero-order valence-corrected chi connectivity index (χ0v) is 9.60. The fraction of sp³-hybridized carbons (Fsp3) is 0.308. The third kappa shape index (κ3) is 2.58. The van der Waals surface area contributed by atoms with Crippen LogP contribution in [0, 0.1) is 0 Å². The molecule has 1 aromatic carbocycles. The van der Waals surface area contributed by atoms with Gasteiger partial charge in [0.15, 0.2) is 0 Å². The molecule has 0 aliphatic heterocycles. The van der Waals surface area contributed by atoms with E-state index in [0.717, 1.165) is 22.3 Å². The van der Waals surface area contributed by atoms with Crippen LogP contribution in [0.15, 0.2) is 28.9 Å². The van der Waals surface area contributed by atoms with Crippen molar-refractivity contribution in [2.45, 2.75) is 19.3 Å². The van der Waals surface area contributed by atoms with E-state index >= 15 is 0 Å². The highest BCUT2D eigenvalue weighted by Gasteiger charge is 2.07. The second-order valence-corrected chi connectivity index (χ2v) is 3.87. The number of carboxylic acid groups (broad SMARTS) is 1. The first kappa shape index (κ1) is 11.5. The summed E-state index contributed by atoms with van der Waals surface area (Å²) in [7, 11) is 1.62. The van der Waals surface area contributed by atoms with E-state index in [1.165, 1.54) is 0 Å². The minimum atomic E-state index is -0.768. The van der Waals surface area contributed by atoms with Gasteiger partial charge in [0.05, 0.1) is 13.4 Å². The molecule has 1 heterocycles. The quantitative estimate of drug-likeness (QED) is 0.864. The summed E-state index contributed by atoms with van der Waals surface area (Å²) in [5.41, 5.74) is 1.83. The first-order valence-electron chi connectivity index (χ1n) is 5.46. The minimum Gasteiger partial charge on any atom is -0.497 e. The Labute approximate surface area is 98.8 Å². The van der Waals surface area contributed by atoms with Gasteiger partial charge in [-0.05, 0) is 36.6 Å². The average Bonchev–Trinajstić information content (AvgIpc) is 2.71. The molecule has 4 heteroatoms. The highest BCUT2D eigenvalue weighted by molar-refractivity contribution is 5.82. The number of ether oxygens (including phenoxy) is 1. The number of rotatable bonds is 5. The van der Waals surface area contributed by atoms with Gasteiger partial charge in [-0.15, -0.1) is 0 Å². The molecule has 0 unspecified atom stereocenters. The van der Waals surface area contributed by atoms with Crippen LogP contribution in [0.1, 0.15) is 18.4 Å². The molecule has 0 amide bonds. The lowest BCUT2D eigenvalue weighted by atomic mass is 10.1. The van der Waals surface area contributed by atoms with E-state index in [-0.39, 0.29) is 6.42 Å². The van der Waals surface area contributed by atoms with Gasteiger partial charge >= 0.3 is 5.97 Å². The molecule has 0 aliphatic rings. The molecule has 0 aliphatic carbocycles. The molecule has 1 N–H and O–H groups in total. The molecule has 0 atom stereocenters. The van der Waals surface area contributed by atoms with Gasteiger partial charge in [-0.3, -0.25) is 4.79 Å². The van der Waals surface area contributed by atoms with E-state index in [9.17, 15) is 4.79 Å². The van der Waals surface area contributed by atoms with Gasteiger partial charge < -0.3 is 14.3 Å². The van der Waals surface area contributed by atoms with Crippen molar-refractivity contribution in [3.8, 4) is 5.75 Å². The number of benzene rings is 1. The van der Waals surface area contributed by atoms with E-state index in [2.05, 4.69) is 0 Å². The Hall–Kier alpha value is -1.97. The van der Waals surface area contributed by atoms with Gasteiger partial charge in [0.1, 0.15) is 11.3 Å². The van der Waals surface area contributed by atoms with Crippen LogP contribution in [0.3, 0.4) is 0 Å². The number of aliphatic carboxylic acids is 1. The monoisotopic (exact) mass is 234 g/mol. The first-order valence-corrected chi connectivity index (χ1v) is 5.46. The summed E-state index contributed by atoms with van der Waals surface area (Å²) in [6.45, 7) is 0. The third-order valence-electron chi connectivity index (χ3n) is 2.70. The van der Waals surface area contributed by atoms with Crippen LogP contribution in [0.5, 0.6) is 5.75 Å². The summed E-state index contributed by atoms with van der Waals surface area (Å²) >= 11 is 0. The molecule has 2 rings (SSSR count). The van der Waals surface area contributed by atoms with Crippen molar-refractivity contribution in [1.29, 1.82) is 0 Å². The summed E-state index contributed by atoms with van der Waals surface area (Å²) in [6, 6.07) is 5.61. The lowest BCUT2D eigenvalue weighted by Crippen LogP contribution is -1.95. The molecule has 4 nitrogen and oxygen atoms in total. The van der Waals surface area contributed by atoms with Crippen molar-refractivity contribution in [2.24, 2.45) is 0 Å². The summed E-state index contributed by atoms with van der Waals surface area (Å²) < 4.78 is 10.6. The van der Waals surface area contributed by atoms with Crippen molar-refractivity contribution in [3.05, 3.63) is 30.0 Å². The topological polar surface area (TPSA) is 59.7 Å². The van der Waals surface area contributed by atoms with Gasteiger partial charge in [-0.1, -0.05) is 0 Å². The highest BCUT2D eigenvalue weighted by atomic mass is 16.5. The Bertz CT molecular complexity index is 527. The number of carbonyl (C=O) groups is 1. The molecular weight excluding hydrogens is 220 g/mol. The molecule has 0 fully saturated rings. The number of aryl methyl sites for hydroxylation is 1. The van der Waals surface area contributed by atoms with Gasteiger partial charge in [0.25, 0.3) is 0 Å². The van der Waals surface area contributed by atoms with Crippen LogP contribution in [0.25, 0.3) is 11.0 Å². The SMILES string of the molecule is COc1ccc2occ(CCCC(=O)O)c2c1. The van der Waals surface area contributed by atoms with Crippen LogP contribution in [0.4, 0.5) is 0 Å². The largest absolute Gasteiger partial charge is 0.497 e. The van der Waals surface area contributed by atoms with Crippen molar-refractivity contribution < 1.29 is 19.1 Å². The van der Waals surface area contributed by atoms with E-state index in [4.69, 9.17) is 14.3 Å². The maximum absolute atomic E-state index is 10.4. The second-order valence-electron chi connectivity index (χ2n) is 3.87. The third-order valence-corrected chi connectivity index (χ3v) is 2.70. The van der Waals surface area contributed by atoms with Gasteiger partial charge in [0.2, 0.25) is 0 Å². The lowest BCUT2D eigenvalue weighted by molar-refractivity contribution is -0.137. The maximum atomic E-state index is 10.4. The van der Waals surface area contributed by atoms with Gasteiger partial charge in [-0.2, -0.15) is 0 Å². The minimum absolute atomic E-state index is 0.177. The van der Waals surface area contributed by atoms with Gasteiger partial charge in [0, 0.05) is 11.8 Å².